The zero-order chi connectivity index (χ0) is 14.0. The second kappa shape index (κ2) is 5.33. The van der Waals surface area contributed by atoms with Crippen molar-refractivity contribution in [3.8, 4) is 0 Å². The van der Waals surface area contributed by atoms with Gasteiger partial charge in [-0.1, -0.05) is 32.0 Å². The van der Waals surface area contributed by atoms with Crippen LogP contribution in [0.2, 0.25) is 0 Å². The van der Waals surface area contributed by atoms with Gasteiger partial charge >= 0.3 is 0 Å². The number of benzene rings is 1. The van der Waals surface area contributed by atoms with Gasteiger partial charge in [0.25, 0.3) is 0 Å². The van der Waals surface area contributed by atoms with Gasteiger partial charge in [-0.25, -0.2) is 8.42 Å². The average molecular weight is 281 g/mol. The van der Waals surface area contributed by atoms with Gasteiger partial charge in [0.2, 0.25) is 5.91 Å². The molecule has 0 fully saturated rings. The van der Waals surface area contributed by atoms with Crippen LogP contribution in [0.5, 0.6) is 0 Å². The summed E-state index contributed by atoms with van der Waals surface area (Å²) in [6.07, 6.45) is 0.798. The minimum Gasteiger partial charge on any atom is -0.311 e. The molecule has 0 spiro atoms. The standard InChI is InChI=1S/C14H19NO3S/c1-11(2)9-19(17,18)10-14(16)15-8-7-12-5-3-4-6-13(12)15/h3-6,11H,7-10H2,1-2H3. The molecule has 0 aliphatic carbocycles. The fraction of sp³-hybridized carbons (Fsp3) is 0.500. The minimum absolute atomic E-state index is 0.0451. The Bertz CT molecular complexity index is 578. The maximum absolute atomic E-state index is 12.2. The number of para-hydroxylation sites is 1. The molecule has 1 aromatic rings. The quantitative estimate of drug-likeness (QED) is 0.843. The number of anilines is 1. The van der Waals surface area contributed by atoms with Crippen molar-refractivity contribution < 1.29 is 13.2 Å². The molecule has 1 amide bonds. The Balaban J connectivity index is 2.11. The van der Waals surface area contributed by atoms with Crippen molar-refractivity contribution in [3.63, 3.8) is 0 Å². The van der Waals surface area contributed by atoms with Crippen LogP contribution in [0.3, 0.4) is 0 Å². The summed E-state index contributed by atoms with van der Waals surface area (Å²) in [6, 6.07) is 7.65. The van der Waals surface area contributed by atoms with Crippen LogP contribution in [-0.2, 0) is 21.1 Å². The molecule has 0 unspecified atom stereocenters. The van der Waals surface area contributed by atoms with Crippen LogP contribution in [0, 0.1) is 5.92 Å². The molecular weight excluding hydrogens is 262 g/mol. The summed E-state index contributed by atoms with van der Waals surface area (Å²) in [5.41, 5.74) is 1.96. The highest BCUT2D eigenvalue weighted by Gasteiger charge is 2.28. The highest BCUT2D eigenvalue weighted by atomic mass is 32.2. The summed E-state index contributed by atoms with van der Waals surface area (Å²) in [7, 11) is -3.31. The summed E-state index contributed by atoms with van der Waals surface area (Å²) >= 11 is 0. The van der Waals surface area contributed by atoms with Crippen LogP contribution in [0.15, 0.2) is 24.3 Å². The van der Waals surface area contributed by atoms with Gasteiger partial charge < -0.3 is 4.90 Å². The molecule has 0 bridgehead atoms. The highest BCUT2D eigenvalue weighted by molar-refractivity contribution is 7.92. The number of carbonyl (C=O) groups is 1. The van der Waals surface area contributed by atoms with E-state index in [0.717, 1.165) is 17.7 Å². The molecule has 2 rings (SSSR count). The molecular formula is C14H19NO3S. The Kier molecular flexibility index (Phi) is 3.94. The van der Waals surface area contributed by atoms with Crippen molar-refractivity contribution >= 4 is 21.4 Å². The molecule has 104 valence electrons. The smallest absolute Gasteiger partial charge is 0.242 e. The predicted octanol–water partition coefficient (Wildman–Crippen LogP) is 1.65. The number of rotatable bonds is 4. The number of hydrogen-bond donors (Lipinski definition) is 0. The molecule has 0 atom stereocenters. The summed E-state index contributed by atoms with van der Waals surface area (Å²) in [5, 5.41) is 0. The number of hydrogen-bond acceptors (Lipinski definition) is 3. The Morgan fingerprint density at radius 1 is 1.32 bits per heavy atom. The van der Waals surface area contributed by atoms with Crippen molar-refractivity contribution in [2.24, 2.45) is 5.92 Å². The molecule has 0 saturated heterocycles. The molecule has 0 saturated carbocycles. The largest absolute Gasteiger partial charge is 0.311 e. The third-order valence-corrected chi connectivity index (χ3v) is 4.98. The molecule has 5 heteroatoms. The Morgan fingerprint density at radius 2 is 2.00 bits per heavy atom. The van der Waals surface area contributed by atoms with E-state index in [2.05, 4.69) is 0 Å². The van der Waals surface area contributed by atoms with Gasteiger partial charge in [-0.3, -0.25) is 4.79 Å². The SMILES string of the molecule is CC(C)CS(=O)(=O)CC(=O)N1CCc2ccccc21. The van der Waals surface area contributed by atoms with Crippen molar-refractivity contribution in [3.05, 3.63) is 29.8 Å². The van der Waals surface area contributed by atoms with Crippen molar-refractivity contribution in [2.75, 3.05) is 23.0 Å². The monoisotopic (exact) mass is 281 g/mol. The van der Waals surface area contributed by atoms with Gasteiger partial charge in [0.15, 0.2) is 9.84 Å². The number of carbonyl (C=O) groups excluding carboxylic acids is 1. The molecule has 0 N–H and O–H groups in total. The first-order valence-corrected chi connectivity index (χ1v) is 8.30. The van der Waals surface area contributed by atoms with E-state index < -0.39 is 9.84 Å². The maximum Gasteiger partial charge on any atom is 0.242 e. The van der Waals surface area contributed by atoms with E-state index in [1.54, 1.807) is 4.90 Å². The fourth-order valence-electron chi connectivity index (χ4n) is 2.43. The topological polar surface area (TPSA) is 54.5 Å². The van der Waals surface area contributed by atoms with Crippen LogP contribution in [-0.4, -0.2) is 32.4 Å². The molecule has 1 heterocycles. The number of amides is 1. The molecule has 0 radical (unpaired) electrons. The van der Waals surface area contributed by atoms with E-state index in [4.69, 9.17) is 0 Å². The number of fused-ring (bicyclic) bond motifs is 1. The van der Waals surface area contributed by atoms with E-state index in [1.807, 2.05) is 38.1 Å². The summed E-state index contributed by atoms with van der Waals surface area (Å²) in [5.74, 6) is -0.595. The lowest BCUT2D eigenvalue weighted by Gasteiger charge is -2.17. The third-order valence-electron chi connectivity index (χ3n) is 3.12. The molecule has 19 heavy (non-hydrogen) atoms. The Hall–Kier alpha value is -1.36. The minimum atomic E-state index is -3.31. The first kappa shape index (κ1) is 14.1. The van der Waals surface area contributed by atoms with Gasteiger partial charge in [0.05, 0.1) is 5.75 Å². The van der Waals surface area contributed by atoms with Gasteiger partial charge in [-0.2, -0.15) is 0 Å². The van der Waals surface area contributed by atoms with Crippen LogP contribution in [0.1, 0.15) is 19.4 Å². The van der Waals surface area contributed by atoms with E-state index in [0.29, 0.717) is 6.54 Å². The molecule has 4 nitrogen and oxygen atoms in total. The maximum atomic E-state index is 12.2. The van der Waals surface area contributed by atoms with Gasteiger partial charge in [0, 0.05) is 12.2 Å². The Morgan fingerprint density at radius 3 is 2.68 bits per heavy atom. The van der Waals surface area contributed by atoms with E-state index in [-0.39, 0.29) is 23.3 Å². The number of sulfone groups is 1. The lowest BCUT2D eigenvalue weighted by atomic mass is 10.2. The first-order chi connectivity index (χ1) is 8.89. The van der Waals surface area contributed by atoms with Gasteiger partial charge in [-0.15, -0.1) is 0 Å². The summed E-state index contributed by atoms with van der Waals surface area (Å²) in [6.45, 7) is 4.26. The second-order valence-electron chi connectivity index (χ2n) is 5.37. The van der Waals surface area contributed by atoms with Crippen molar-refractivity contribution in [2.45, 2.75) is 20.3 Å². The highest BCUT2D eigenvalue weighted by Crippen LogP contribution is 2.27. The van der Waals surface area contributed by atoms with Crippen LogP contribution < -0.4 is 4.90 Å². The van der Waals surface area contributed by atoms with Gasteiger partial charge in [0.1, 0.15) is 5.75 Å². The second-order valence-corrected chi connectivity index (χ2v) is 7.48. The summed E-state index contributed by atoms with van der Waals surface area (Å²) in [4.78, 5) is 13.7. The fourth-order valence-corrected chi connectivity index (χ4v) is 4.10. The molecule has 1 aliphatic rings. The van der Waals surface area contributed by atoms with Gasteiger partial charge in [-0.05, 0) is 24.0 Å². The van der Waals surface area contributed by atoms with Crippen molar-refractivity contribution in [1.82, 2.24) is 0 Å². The summed E-state index contributed by atoms with van der Waals surface area (Å²) < 4.78 is 23.7. The van der Waals surface area contributed by atoms with E-state index in [1.165, 1.54) is 0 Å². The van der Waals surface area contributed by atoms with Crippen LogP contribution >= 0.6 is 0 Å². The normalized spacial score (nSPS) is 14.8. The van der Waals surface area contributed by atoms with E-state index >= 15 is 0 Å². The van der Waals surface area contributed by atoms with Crippen LogP contribution in [0.25, 0.3) is 0 Å². The molecule has 0 aromatic heterocycles. The van der Waals surface area contributed by atoms with E-state index in [9.17, 15) is 13.2 Å². The third kappa shape index (κ3) is 3.35. The number of nitrogens with zero attached hydrogens (tertiary/aromatic N) is 1. The van der Waals surface area contributed by atoms with Crippen molar-refractivity contribution in [1.29, 1.82) is 0 Å². The molecule has 1 aliphatic heterocycles. The Labute approximate surface area is 114 Å². The lowest BCUT2D eigenvalue weighted by molar-refractivity contribution is -0.116. The zero-order valence-electron chi connectivity index (χ0n) is 11.3. The lowest BCUT2D eigenvalue weighted by Crippen LogP contribution is -2.35. The predicted molar refractivity (Wildman–Crippen MR) is 76.0 cm³/mol. The zero-order valence-corrected chi connectivity index (χ0v) is 12.1. The van der Waals surface area contributed by atoms with Crippen LogP contribution in [0.4, 0.5) is 5.69 Å². The average Bonchev–Trinajstić information content (AvgIpc) is 2.69. The first-order valence-electron chi connectivity index (χ1n) is 6.48. The molecule has 1 aromatic carbocycles.